The number of carbonyl (C=O) groups excluding carboxylic acids is 1. The summed E-state index contributed by atoms with van der Waals surface area (Å²) in [6.07, 6.45) is 2.41. The van der Waals surface area contributed by atoms with E-state index >= 15 is 0 Å². The topological polar surface area (TPSA) is 59.8 Å². The number of amides is 1. The van der Waals surface area contributed by atoms with Crippen molar-refractivity contribution in [1.82, 2.24) is 20.3 Å². The summed E-state index contributed by atoms with van der Waals surface area (Å²) in [7, 11) is 1.67. The Balaban J connectivity index is 2.15. The molecular weight excluding hydrogens is 240 g/mol. The van der Waals surface area contributed by atoms with Crippen LogP contribution in [0.3, 0.4) is 0 Å². The number of hydrogen-bond acceptors (Lipinski definition) is 3. The molecule has 1 aliphatic rings. The third kappa shape index (κ3) is 2.51. The summed E-state index contributed by atoms with van der Waals surface area (Å²) in [6.45, 7) is 8.28. The molecule has 19 heavy (non-hydrogen) atoms. The van der Waals surface area contributed by atoms with Crippen molar-refractivity contribution < 1.29 is 4.79 Å². The van der Waals surface area contributed by atoms with E-state index in [0.29, 0.717) is 5.92 Å². The van der Waals surface area contributed by atoms with Gasteiger partial charge in [0.05, 0.1) is 23.3 Å². The number of aromatic nitrogens is 3. The van der Waals surface area contributed by atoms with Crippen LogP contribution in [-0.4, -0.2) is 27.9 Å². The molecule has 106 valence electrons. The molecule has 2 rings (SSSR count). The minimum absolute atomic E-state index is 0.0266. The molecule has 1 aliphatic carbocycles. The first kappa shape index (κ1) is 14.0. The molecule has 5 nitrogen and oxygen atoms in total. The third-order valence-corrected chi connectivity index (χ3v) is 4.49. The van der Waals surface area contributed by atoms with Gasteiger partial charge in [-0.3, -0.25) is 4.79 Å². The van der Waals surface area contributed by atoms with E-state index < -0.39 is 0 Å². The first-order valence-corrected chi connectivity index (χ1v) is 7.09. The fraction of sp³-hybridized carbons (Fsp3) is 0.786. The standard InChI is InChI=1S/C14H24N4O/c1-8-6-12(7-8)13-11(4)18(17-16-13)10(3)9(2)14(19)15-5/h8-10,12H,6-7H2,1-5H3,(H,15,19). The maximum atomic E-state index is 11.7. The highest BCUT2D eigenvalue weighted by atomic mass is 16.1. The van der Waals surface area contributed by atoms with Crippen LogP contribution in [0.15, 0.2) is 0 Å². The van der Waals surface area contributed by atoms with Crippen LogP contribution in [0.1, 0.15) is 57.0 Å². The number of hydrogen-bond donors (Lipinski definition) is 1. The highest BCUT2D eigenvalue weighted by molar-refractivity contribution is 5.78. The normalized spacial score (nSPS) is 25.5. The van der Waals surface area contributed by atoms with Gasteiger partial charge in [-0.15, -0.1) is 5.10 Å². The first-order chi connectivity index (χ1) is 8.95. The van der Waals surface area contributed by atoms with Crippen LogP contribution in [0.4, 0.5) is 0 Å². The Morgan fingerprint density at radius 1 is 1.42 bits per heavy atom. The van der Waals surface area contributed by atoms with E-state index in [1.807, 2.05) is 18.5 Å². The Bertz CT molecular complexity index is 462. The minimum Gasteiger partial charge on any atom is -0.359 e. The van der Waals surface area contributed by atoms with E-state index in [0.717, 1.165) is 17.3 Å². The molecule has 0 bridgehead atoms. The van der Waals surface area contributed by atoms with Crippen LogP contribution in [0.2, 0.25) is 0 Å². The lowest BCUT2D eigenvalue weighted by Gasteiger charge is -2.31. The zero-order chi connectivity index (χ0) is 14.2. The summed E-state index contributed by atoms with van der Waals surface area (Å²) in [5, 5.41) is 11.3. The molecule has 1 aromatic heterocycles. The Labute approximate surface area is 114 Å². The molecule has 0 spiro atoms. The fourth-order valence-electron chi connectivity index (χ4n) is 2.90. The highest BCUT2D eigenvalue weighted by Crippen LogP contribution is 2.41. The van der Waals surface area contributed by atoms with Gasteiger partial charge in [-0.2, -0.15) is 0 Å². The second-order valence-corrected chi connectivity index (χ2v) is 5.92. The predicted octanol–water partition coefficient (Wildman–Crippen LogP) is 2.04. The number of rotatable bonds is 4. The van der Waals surface area contributed by atoms with Gasteiger partial charge in [0.2, 0.25) is 5.91 Å². The van der Waals surface area contributed by atoms with Crippen molar-refractivity contribution in [2.45, 2.75) is 52.5 Å². The number of carbonyl (C=O) groups is 1. The minimum atomic E-state index is -0.112. The molecule has 1 fully saturated rings. The van der Waals surface area contributed by atoms with Crippen LogP contribution in [0.5, 0.6) is 0 Å². The molecule has 1 N–H and O–H groups in total. The molecule has 0 aliphatic heterocycles. The number of nitrogens with one attached hydrogen (secondary N) is 1. The molecule has 1 aromatic rings. The Hall–Kier alpha value is -1.39. The van der Waals surface area contributed by atoms with Crippen molar-refractivity contribution in [3.8, 4) is 0 Å². The van der Waals surface area contributed by atoms with Gasteiger partial charge in [-0.05, 0) is 32.6 Å². The molecule has 1 amide bonds. The van der Waals surface area contributed by atoms with Gasteiger partial charge < -0.3 is 5.32 Å². The SMILES string of the molecule is CNC(=O)C(C)C(C)n1nnc(C2CC(C)C2)c1C. The van der Waals surface area contributed by atoms with Crippen molar-refractivity contribution in [3.63, 3.8) is 0 Å². The van der Waals surface area contributed by atoms with Gasteiger partial charge in [-0.25, -0.2) is 4.68 Å². The van der Waals surface area contributed by atoms with Crippen LogP contribution in [0, 0.1) is 18.8 Å². The van der Waals surface area contributed by atoms with E-state index in [2.05, 4.69) is 29.5 Å². The van der Waals surface area contributed by atoms with Gasteiger partial charge >= 0.3 is 0 Å². The van der Waals surface area contributed by atoms with Gasteiger partial charge in [0, 0.05) is 13.0 Å². The molecular formula is C14H24N4O. The van der Waals surface area contributed by atoms with Crippen molar-refractivity contribution in [2.24, 2.45) is 11.8 Å². The summed E-state index contributed by atoms with van der Waals surface area (Å²) < 4.78 is 1.90. The maximum Gasteiger partial charge on any atom is 0.224 e. The molecule has 2 unspecified atom stereocenters. The quantitative estimate of drug-likeness (QED) is 0.905. The summed E-state index contributed by atoms with van der Waals surface area (Å²) in [6, 6.07) is 0.0266. The molecule has 1 heterocycles. The third-order valence-electron chi connectivity index (χ3n) is 4.49. The van der Waals surface area contributed by atoms with Crippen LogP contribution in [-0.2, 0) is 4.79 Å². The Kier molecular flexibility index (Phi) is 3.92. The fourth-order valence-corrected chi connectivity index (χ4v) is 2.90. The maximum absolute atomic E-state index is 11.7. The van der Waals surface area contributed by atoms with Gasteiger partial charge in [0.1, 0.15) is 0 Å². The van der Waals surface area contributed by atoms with Crippen molar-refractivity contribution in [1.29, 1.82) is 0 Å². The lowest BCUT2D eigenvalue weighted by atomic mass is 9.74. The first-order valence-electron chi connectivity index (χ1n) is 7.09. The largest absolute Gasteiger partial charge is 0.359 e. The second kappa shape index (κ2) is 5.31. The summed E-state index contributed by atoms with van der Waals surface area (Å²) in [5.41, 5.74) is 2.23. The van der Waals surface area contributed by atoms with E-state index in [1.165, 1.54) is 12.8 Å². The van der Waals surface area contributed by atoms with Crippen molar-refractivity contribution in [3.05, 3.63) is 11.4 Å². The second-order valence-electron chi connectivity index (χ2n) is 5.92. The van der Waals surface area contributed by atoms with E-state index in [-0.39, 0.29) is 17.9 Å². The van der Waals surface area contributed by atoms with E-state index in [9.17, 15) is 4.79 Å². The Morgan fingerprint density at radius 3 is 2.58 bits per heavy atom. The lowest BCUT2D eigenvalue weighted by molar-refractivity contribution is -0.125. The zero-order valence-electron chi connectivity index (χ0n) is 12.5. The number of nitrogens with zero attached hydrogens (tertiary/aromatic N) is 3. The van der Waals surface area contributed by atoms with Crippen LogP contribution >= 0.6 is 0 Å². The van der Waals surface area contributed by atoms with Crippen LogP contribution in [0.25, 0.3) is 0 Å². The van der Waals surface area contributed by atoms with Crippen molar-refractivity contribution >= 4 is 5.91 Å². The molecule has 0 radical (unpaired) electrons. The van der Waals surface area contributed by atoms with Gasteiger partial charge in [0.15, 0.2) is 0 Å². The highest BCUT2D eigenvalue weighted by Gasteiger charge is 2.32. The van der Waals surface area contributed by atoms with Crippen molar-refractivity contribution in [2.75, 3.05) is 7.05 Å². The molecule has 1 saturated carbocycles. The molecule has 0 aromatic carbocycles. The Morgan fingerprint density at radius 2 is 2.05 bits per heavy atom. The molecule has 5 heteroatoms. The summed E-state index contributed by atoms with van der Waals surface area (Å²) in [5.74, 6) is 1.29. The summed E-state index contributed by atoms with van der Waals surface area (Å²) >= 11 is 0. The predicted molar refractivity (Wildman–Crippen MR) is 73.8 cm³/mol. The van der Waals surface area contributed by atoms with E-state index in [4.69, 9.17) is 0 Å². The smallest absolute Gasteiger partial charge is 0.224 e. The summed E-state index contributed by atoms with van der Waals surface area (Å²) in [4.78, 5) is 11.7. The zero-order valence-corrected chi connectivity index (χ0v) is 12.5. The monoisotopic (exact) mass is 264 g/mol. The lowest BCUT2D eigenvalue weighted by Crippen LogP contribution is -2.31. The van der Waals surface area contributed by atoms with Gasteiger partial charge in [-0.1, -0.05) is 19.1 Å². The van der Waals surface area contributed by atoms with E-state index in [1.54, 1.807) is 7.05 Å². The average Bonchev–Trinajstić information content (AvgIpc) is 2.74. The van der Waals surface area contributed by atoms with Gasteiger partial charge in [0.25, 0.3) is 0 Å². The molecule has 0 saturated heterocycles. The molecule has 2 atom stereocenters. The average molecular weight is 264 g/mol. The van der Waals surface area contributed by atoms with Crippen LogP contribution < -0.4 is 5.32 Å².